The summed E-state index contributed by atoms with van der Waals surface area (Å²) in [4.78, 5) is 0. The smallest absolute Gasteiger partial charge is 0.107 e. The standard InChI is InChI=1S/C11H20O2/c1-3-5-6-7-10(11-9-13-11)12-8-4-2/h4,10-11H,2-3,5-9H2,1H3/t10-,11+/m0/s1. The van der Waals surface area contributed by atoms with Gasteiger partial charge in [-0.05, 0) is 6.42 Å². The molecule has 1 aliphatic rings. The molecule has 0 unspecified atom stereocenters. The van der Waals surface area contributed by atoms with Crippen molar-refractivity contribution in [2.45, 2.75) is 44.8 Å². The summed E-state index contributed by atoms with van der Waals surface area (Å²) in [6.07, 6.45) is 7.42. The van der Waals surface area contributed by atoms with Crippen molar-refractivity contribution in [2.75, 3.05) is 13.2 Å². The average molecular weight is 184 g/mol. The molecule has 0 aliphatic carbocycles. The maximum absolute atomic E-state index is 5.62. The van der Waals surface area contributed by atoms with Crippen LogP contribution in [-0.4, -0.2) is 25.4 Å². The fourth-order valence-electron chi connectivity index (χ4n) is 1.43. The number of ether oxygens (including phenoxy) is 2. The van der Waals surface area contributed by atoms with Gasteiger partial charge in [0.1, 0.15) is 6.10 Å². The molecule has 0 aromatic rings. The lowest BCUT2D eigenvalue weighted by molar-refractivity contribution is 0.0439. The minimum Gasteiger partial charge on any atom is -0.371 e. The first-order chi connectivity index (χ1) is 6.38. The summed E-state index contributed by atoms with van der Waals surface area (Å²) in [5.74, 6) is 0. The number of epoxide rings is 1. The minimum atomic E-state index is 0.310. The molecule has 0 bridgehead atoms. The summed E-state index contributed by atoms with van der Waals surface area (Å²) in [5.41, 5.74) is 0. The van der Waals surface area contributed by atoms with Gasteiger partial charge in [-0.1, -0.05) is 32.3 Å². The van der Waals surface area contributed by atoms with Crippen LogP contribution in [0.1, 0.15) is 32.6 Å². The Hall–Kier alpha value is -0.340. The van der Waals surface area contributed by atoms with Gasteiger partial charge in [0.05, 0.1) is 19.3 Å². The molecule has 13 heavy (non-hydrogen) atoms. The van der Waals surface area contributed by atoms with Crippen LogP contribution in [0.3, 0.4) is 0 Å². The maximum atomic E-state index is 5.62. The topological polar surface area (TPSA) is 21.8 Å². The quantitative estimate of drug-likeness (QED) is 0.328. The van der Waals surface area contributed by atoms with Crippen LogP contribution < -0.4 is 0 Å². The van der Waals surface area contributed by atoms with Crippen LogP contribution in [0.4, 0.5) is 0 Å². The first kappa shape index (κ1) is 10.7. The van der Waals surface area contributed by atoms with Crippen molar-refractivity contribution < 1.29 is 9.47 Å². The molecule has 0 aromatic heterocycles. The van der Waals surface area contributed by atoms with Crippen molar-refractivity contribution in [3.63, 3.8) is 0 Å². The monoisotopic (exact) mass is 184 g/mol. The Labute approximate surface area is 80.9 Å². The van der Waals surface area contributed by atoms with E-state index in [0.29, 0.717) is 18.8 Å². The Morgan fingerprint density at radius 3 is 2.92 bits per heavy atom. The number of hydrogen-bond donors (Lipinski definition) is 0. The highest BCUT2D eigenvalue weighted by molar-refractivity contribution is 4.81. The molecular weight excluding hydrogens is 164 g/mol. The zero-order valence-electron chi connectivity index (χ0n) is 8.50. The van der Waals surface area contributed by atoms with Gasteiger partial charge in [-0.2, -0.15) is 0 Å². The normalized spacial score (nSPS) is 22.7. The summed E-state index contributed by atoms with van der Waals surface area (Å²) < 4.78 is 10.9. The van der Waals surface area contributed by atoms with Crippen LogP contribution in [-0.2, 0) is 9.47 Å². The lowest BCUT2D eigenvalue weighted by Gasteiger charge is -2.13. The molecule has 2 atom stereocenters. The predicted octanol–water partition coefficient (Wildman–Crippen LogP) is 2.54. The highest BCUT2D eigenvalue weighted by Gasteiger charge is 2.32. The molecule has 2 heteroatoms. The zero-order chi connectivity index (χ0) is 9.52. The largest absolute Gasteiger partial charge is 0.371 e. The van der Waals surface area contributed by atoms with Crippen LogP contribution >= 0.6 is 0 Å². The summed E-state index contributed by atoms with van der Waals surface area (Å²) in [6, 6.07) is 0. The molecule has 1 saturated heterocycles. The lowest BCUT2D eigenvalue weighted by Crippen LogP contribution is -2.19. The Morgan fingerprint density at radius 2 is 2.38 bits per heavy atom. The van der Waals surface area contributed by atoms with Gasteiger partial charge in [0, 0.05) is 0 Å². The lowest BCUT2D eigenvalue weighted by atomic mass is 10.1. The second kappa shape index (κ2) is 6.17. The minimum absolute atomic E-state index is 0.310. The highest BCUT2D eigenvalue weighted by atomic mass is 16.6. The molecule has 0 radical (unpaired) electrons. The van der Waals surface area contributed by atoms with Gasteiger partial charge < -0.3 is 9.47 Å². The van der Waals surface area contributed by atoms with Crippen LogP contribution in [0.5, 0.6) is 0 Å². The van der Waals surface area contributed by atoms with Crippen molar-refractivity contribution in [2.24, 2.45) is 0 Å². The second-order valence-electron chi connectivity index (χ2n) is 3.53. The van der Waals surface area contributed by atoms with E-state index < -0.39 is 0 Å². The molecule has 1 aliphatic heterocycles. The third-order valence-electron chi connectivity index (χ3n) is 2.29. The number of rotatable bonds is 8. The second-order valence-corrected chi connectivity index (χ2v) is 3.53. The SMILES string of the molecule is C=CCO[C@@H](CCCCC)[C@H]1CO1. The van der Waals surface area contributed by atoms with E-state index in [9.17, 15) is 0 Å². The number of hydrogen-bond acceptors (Lipinski definition) is 2. The first-order valence-electron chi connectivity index (χ1n) is 5.22. The van der Waals surface area contributed by atoms with Crippen LogP contribution in [0, 0.1) is 0 Å². The van der Waals surface area contributed by atoms with Crippen LogP contribution in [0.15, 0.2) is 12.7 Å². The van der Waals surface area contributed by atoms with Crippen molar-refractivity contribution >= 4 is 0 Å². The third-order valence-corrected chi connectivity index (χ3v) is 2.29. The average Bonchev–Trinajstić information content (AvgIpc) is 2.94. The van der Waals surface area contributed by atoms with Crippen molar-refractivity contribution in [3.8, 4) is 0 Å². The van der Waals surface area contributed by atoms with Crippen molar-refractivity contribution in [1.29, 1.82) is 0 Å². The summed E-state index contributed by atoms with van der Waals surface area (Å²) in [7, 11) is 0. The Balaban J connectivity index is 2.09. The van der Waals surface area contributed by atoms with Gasteiger partial charge in [-0.3, -0.25) is 0 Å². The molecule has 1 fully saturated rings. The molecule has 0 spiro atoms. The van der Waals surface area contributed by atoms with Gasteiger partial charge in [0.25, 0.3) is 0 Å². The van der Waals surface area contributed by atoms with E-state index in [1.165, 1.54) is 19.3 Å². The summed E-state index contributed by atoms with van der Waals surface area (Å²) >= 11 is 0. The van der Waals surface area contributed by atoms with E-state index in [4.69, 9.17) is 9.47 Å². The van der Waals surface area contributed by atoms with Gasteiger partial charge in [-0.25, -0.2) is 0 Å². The molecule has 2 nitrogen and oxygen atoms in total. The van der Waals surface area contributed by atoms with Gasteiger partial charge in [-0.15, -0.1) is 6.58 Å². The van der Waals surface area contributed by atoms with E-state index >= 15 is 0 Å². The summed E-state index contributed by atoms with van der Waals surface area (Å²) in [5, 5.41) is 0. The van der Waals surface area contributed by atoms with Gasteiger partial charge in [0.2, 0.25) is 0 Å². The zero-order valence-corrected chi connectivity index (χ0v) is 8.50. The van der Waals surface area contributed by atoms with E-state index in [2.05, 4.69) is 13.5 Å². The molecule has 1 rings (SSSR count). The highest BCUT2D eigenvalue weighted by Crippen LogP contribution is 2.21. The molecule has 0 saturated carbocycles. The molecular formula is C11H20O2. The molecule has 0 amide bonds. The van der Waals surface area contributed by atoms with Crippen molar-refractivity contribution in [3.05, 3.63) is 12.7 Å². The van der Waals surface area contributed by atoms with Crippen LogP contribution in [0.2, 0.25) is 0 Å². The van der Waals surface area contributed by atoms with Crippen LogP contribution in [0.25, 0.3) is 0 Å². The van der Waals surface area contributed by atoms with E-state index in [0.717, 1.165) is 13.0 Å². The molecule has 1 heterocycles. The first-order valence-corrected chi connectivity index (χ1v) is 5.22. The maximum Gasteiger partial charge on any atom is 0.107 e. The molecule has 0 aromatic carbocycles. The Bertz CT molecular complexity index is 141. The fourth-order valence-corrected chi connectivity index (χ4v) is 1.43. The van der Waals surface area contributed by atoms with E-state index in [1.807, 2.05) is 0 Å². The molecule has 0 N–H and O–H groups in total. The third kappa shape index (κ3) is 4.44. The fraction of sp³-hybridized carbons (Fsp3) is 0.818. The Kier molecular flexibility index (Phi) is 5.09. The van der Waals surface area contributed by atoms with E-state index in [1.54, 1.807) is 6.08 Å². The number of unbranched alkanes of at least 4 members (excludes halogenated alkanes) is 2. The van der Waals surface area contributed by atoms with E-state index in [-0.39, 0.29) is 0 Å². The predicted molar refractivity (Wildman–Crippen MR) is 53.8 cm³/mol. The molecule has 76 valence electrons. The summed E-state index contributed by atoms with van der Waals surface area (Å²) in [6.45, 7) is 7.39. The van der Waals surface area contributed by atoms with Gasteiger partial charge in [0.15, 0.2) is 0 Å². The van der Waals surface area contributed by atoms with Crippen molar-refractivity contribution in [1.82, 2.24) is 0 Å². The van der Waals surface area contributed by atoms with Gasteiger partial charge >= 0.3 is 0 Å². The Morgan fingerprint density at radius 1 is 1.62 bits per heavy atom.